The number of fused-ring (bicyclic) bond motifs is 2. The molecular weight excluding hydrogens is 242 g/mol. The first-order valence-electron chi connectivity index (χ1n) is 7.16. The maximum absolute atomic E-state index is 12.6. The van der Waals surface area contributed by atoms with Gasteiger partial charge in [0.2, 0.25) is 5.91 Å². The smallest absolute Gasteiger partial charge is 0.305 e. The van der Waals surface area contributed by atoms with Crippen LogP contribution in [0.2, 0.25) is 0 Å². The van der Waals surface area contributed by atoms with Crippen LogP contribution in [0.25, 0.3) is 0 Å². The summed E-state index contributed by atoms with van der Waals surface area (Å²) in [6, 6.07) is 0. The molecule has 0 aromatic heterocycles. The summed E-state index contributed by atoms with van der Waals surface area (Å²) in [6.45, 7) is 5.11. The molecule has 3 unspecified atom stereocenters. The molecule has 1 N–H and O–H groups in total. The Kier molecular flexibility index (Phi) is 4.27. The maximum Gasteiger partial charge on any atom is 0.305 e. The third-order valence-electron chi connectivity index (χ3n) is 4.09. The van der Waals surface area contributed by atoms with E-state index >= 15 is 0 Å². The number of hydrogen-bond acceptors (Lipinski definition) is 2. The second-order valence-electron chi connectivity index (χ2n) is 6.21. The predicted molar refractivity (Wildman–Crippen MR) is 72.5 cm³/mol. The SMILES string of the molecule is CC(C)CN(CCC(=O)O)C(=O)C1CC2C=CC1C2. The number of hydrogen-bond donors (Lipinski definition) is 1. The van der Waals surface area contributed by atoms with Gasteiger partial charge in [0.25, 0.3) is 0 Å². The summed E-state index contributed by atoms with van der Waals surface area (Å²) in [7, 11) is 0. The Morgan fingerprint density at radius 3 is 2.53 bits per heavy atom. The molecule has 106 valence electrons. The lowest BCUT2D eigenvalue weighted by Crippen LogP contribution is -2.41. The van der Waals surface area contributed by atoms with Crippen molar-refractivity contribution in [3.63, 3.8) is 0 Å². The topological polar surface area (TPSA) is 57.6 Å². The van der Waals surface area contributed by atoms with Gasteiger partial charge in [-0.1, -0.05) is 26.0 Å². The molecule has 3 atom stereocenters. The van der Waals surface area contributed by atoms with Gasteiger partial charge in [-0.15, -0.1) is 0 Å². The molecule has 0 aromatic carbocycles. The highest BCUT2D eigenvalue weighted by molar-refractivity contribution is 5.80. The van der Waals surface area contributed by atoms with Crippen molar-refractivity contribution in [3.05, 3.63) is 12.2 Å². The van der Waals surface area contributed by atoms with Gasteiger partial charge in [-0.25, -0.2) is 0 Å². The Morgan fingerprint density at radius 1 is 1.32 bits per heavy atom. The van der Waals surface area contributed by atoms with Crippen LogP contribution in [0.3, 0.4) is 0 Å². The van der Waals surface area contributed by atoms with Crippen molar-refractivity contribution in [1.82, 2.24) is 4.90 Å². The van der Waals surface area contributed by atoms with Crippen molar-refractivity contribution in [2.45, 2.75) is 33.1 Å². The van der Waals surface area contributed by atoms with E-state index in [9.17, 15) is 9.59 Å². The number of carbonyl (C=O) groups is 2. The average molecular weight is 265 g/mol. The summed E-state index contributed by atoms with van der Waals surface area (Å²) in [5, 5.41) is 8.80. The van der Waals surface area contributed by atoms with E-state index in [1.54, 1.807) is 4.90 Å². The summed E-state index contributed by atoms with van der Waals surface area (Å²) >= 11 is 0. The predicted octanol–water partition coefficient (Wildman–Crippen LogP) is 2.16. The van der Waals surface area contributed by atoms with Gasteiger partial charge in [0, 0.05) is 19.0 Å². The van der Waals surface area contributed by atoms with Gasteiger partial charge in [0.1, 0.15) is 0 Å². The summed E-state index contributed by atoms with van der Waals surface area (Å²) < 4.78 is 0. The number of carboxylic acid groups (broad SMARTS) is 1. The van der Waals surface area contributed by atoms with Crippen molar-refractivity contribution in [2.75, 3.05) is 13.1 Å². The molecule has 19 heavy (non-hydrogen) atoms. The van der Waals surface area contributed by atoms with E-state index < -0.39 is 5.97 Å². The van der Waals surface area contributed by atoms with Crippen molar-refractivity contribution < 1.29 is 14.7 Å². The normalized spacial score (nSPS) is 28.1. The molecular formula is C15H23NO3. The Morgan fingerprint density at radius 2 is 2.05 bits per heavy atom. The second kappa shape index (κ2) is 5.76. The van der Waals surface area contributed by atoms with Crippen molar-refractivity contribution in [2.24, 2.45) is 23.7 Å². The van der Waals surface area contributed by atoms with Gasteiger partial charge in [-0.05, 0) is 30.6 Å². The van der Waals surface area contributed by atoms with Crippen molar-refractivity contribution in [3.8, 4) is 0 Å². The van der Waals surface area contributed by atoms with Crippen molar-refractivity contribution in [1.29, 1.82) is 0 Å². The van der Waals surface area contributed by atoms with Crippen LogP contribution in [0.5, 0.6) is 0 Å². The lowest BCUT2D eigenvalue weighted by Gasteiger charge is -2.29. The average Bonchev–Trinajstić information content (AvgIpc) is 2.95. The molecule has 1 saturated carbocycles. The van der Waals surface area contributed by atoms with Gasteiger partial charge < -0.3 is 10.0 Å². The van der Waals surface area contributed by atoms with Crippen LogP contribution in [-0.2, 0) is 9.59 Å². The zero-order chi connectivity index (χ0) is 14.0. The number of amides is 1. The fourth-order valence-corrected chi connectivity index (χ4v) is 3.26. The molecule has 2 aliphatic rings. The quantitative estimate of drug-likeness (QED) is 0.749. The summed E-state index contributed by atoms with van der Waals surface area (Å²) in [6.07, 6.45) is 6.47. The summed E-state index contributed by atoms with van der Waals surface area (Å²) in [4.78, 5) is 25.1. The van der Waals surface area contributed by atoms with E-state index in [0.29, 0.717) is 30.8 Å². The first-order valence-corrected chi connectivity index (χ1v) is 7.16. The largest absolute Gasteiger partial charge is 0.481 e. The Hall–Kier alpha value is -1.32. The molecule has 4 heteroatoms. The Balaban J connectivity index is 1.98. The van der Waals surface area contributed by atoms with Crippen LogP contribution in [0.15, 0.2) is 12.2 Å². The van der Waals surface area contributed by atoms with Crippen LogP contribution < -0.4 is 0 Å². The summed E-state index contributed by atoms with van der Waals surface area (Å²) in [5.41, 5.74) is 0. The minimum atomic E-state index is -0.839. The van der Waals surface area contributed by atoms with Crippen LogP contribution in [0, 0.1) is 23.7 Å². The highest BCUT2D eigenvalue weighted by Gasteiger charge is 2.41. The standard InChI is InChI=1S/C15H23NO3/c1-10(2)9-16(6-5-14(17)18)15(19)13-8-11-3-4-12(13)7-11/h3-4,10-13H,5-9H2,1-2H3,(H,17,18). The number of nitrogens with zero attached hydrogens (tertiary/aromatic N) is 1. The fourth-order valence-electron chi connectivity index (χ4n) is 3.26. The molecule has 1 amide bonds. The molecule has 2 rings (SSSR count). The molecule has 0 spiro atoms. The molecule has 0 aromatic rings. The van der Waals surface area contributed by atoms with Crippen LogP contribution >= 0.6 is 0 Å². The van der Waals surface area contributed by atoms with E-state index in [4.69, 9.17) is 5.11 Å². The van der Waals surface area contributed by atoms with E-state index in [1.807, 2.05) is 0 Å². The van der Waals surface area contributed by atoms with E-state index in [-0.39, 0.29) is 18.2 Å². The molecule has 0 heterocycles. The highest BCUT2D eigenvalue weighted by Crippen LogP contribution is 2.44. The molecule has 4 nitrogen and oxygen atoms in total. The van der Waals surface area contributed by atoms with Crippen LogP contribution in [0.4, 0.5) is 0 Å². The molecule has 1 fully saturated rings. The van der Waals surface area contributed by atoms with E-state index in [0.717, 1.165) is 12.8 Å². The third-order valence-corrected chi connectivity index (χ3v) is 4.09. The fraction of sp³-hybridized carbons (Fsp3) is 0.733. The molecule has 0 saturated heterocycles. The van der Waals surface area contributed by atoms with Gasteiger partial charge >= 0.3 is 5.97 Å². The van der Waals surface area contributed by atoms with E-state index in [2.05, 4.69) is 26.0 Å². The molecule has 2 bridgehead atoms. The zero-order valence-corrected chi connectivity index (χ0v) is 11.7. The monoisotopic (exact) mass is 265 g/mol. The first-order chi connectivity index (χ1) is 8.97. The van der Waals surface area contributed by atoms with Crippen molar-refractivity contribution >= 4 is 11.9 Å². The number of allylic oxidation sites excluding steroid dienone is 2. The summed E-state index contributed by atoms with van der Waals surface area (Å²) in [5.74, 6) is 0.729. The molecule has 0 radical (unpaired) electrons. The lowest BCUT2D eigenvalue weighted by molar-refractivity contribution is -0.140. The van der Waals surface area contributed by atoms with Gasteiger partial charge in [0.05, 0.1) is 6.42 Å². The second-order valence-corrected chi connectivity index (χ2v) is 6.21. The first kappa shape index (κ1) is 14.1. The third kappa shape index (κ3) is 3.37. The minimum absolute atomic E-state index is 0.0368. The van der Waals surface area contributed by atoms with Crippen LogP contribution in [-0.4, -0.2) is 35.0 Å². The lowest BCUT2D eigenvalue weighted by atomic mass is 9.92. The maximum atomic E-state index is 12.6. The minimum Gasteiger partial charge on any atom is -0.481 e. The van der Waals surface area contributed by atoms with Gasteiger partial charge in [-0.3, -0.25) is 9.59 Å². The number of carboxylic acids is 1. The van der Waals surface area contributed by atoms with E-state index in [1.165, 1.54) is 0 Å². The molecule has 2 aliphatic carbocycles. The van der Waals surface area contributed by atoms with Crippen LogP contribution in [0.1, 0.15) is 33.1 Å². The Bertz CT molecular complexity index is 389. The van der Waals surface area contributed by atoms with Gasteiger partial charge in [-0.2, -0.15) is 0 Å². The number of carbonyl (C=O) groups excluding carboxylic acids is 1. The van der Waals surface area contributed by atoms with Gasteiger partial charge in [0.15, 0.2) is 0 Å². The Labute approximate surface area is 114 Å². The molecule has 0 aliphatic heterocycles. The highest BCUT2D eigenvalue weighted by atomic mass is 16.4. The number of aliphatic carboxylic acids is 1. The zero-order valence-electron chi connectivity index (χ0n) is 11.7. The number of rotatable bonds is 6.